The van der Waals surface area contributed by atoms with Crippen LogP contribution in [0.15, 0.2) is 84.9 Å². The SMILES string of the molecule is C[C@@H](COC(=O)C(=O)OC[C@H](C)CC(N)c1ccc(C#CCCCc2ccccc2)s1)CC(N)c1ccc(C#CCCCc2ccccc2)s1. The molecule has 4 aromatic rings. The van der Waals surface area contributed by atoms with Crippen molar-refractivity contribution in [1.82, 2.24) is 0 Å². The number of hydrogen-bond donors (Lipinski definition) is 2. The van der Waals surface area contributed by atoms with Crippen molar-refractivity contribution in [2.75, 3.05) is 13.2 Å². The van der Waals surface area contributed by atoms with E-state index in [1.165, 1.54) is 11.1 Å². The van der Waals surface area contributed by atoms with E-state index in [9.17, 15) is 9.59 Å². The fourth-order valence-corrected chi connectivity index (χ4v) is 7.17. The maximum absolute atomic E-state index is 12.3. The number of carbonyl (C=O) groups excluding carboxylic acids is 2. The van der Waals surface area contributed by atoms with Crippen LogP contribution in [0.3, 0.4) is 0 Å². The van der Waals surface area contributed by atoms with Crippen molar-refractivity contribution in [2.24, 2.45) is 23.3 Å². The third-order valence-corrected chi connectivity index (χ3v) is 10.4. The van der Waals surface area contributed by atoms with Gasteiger partial charge in [-0.1, -0.05) is 98.2 Å². The molecule has 4 rings (SSSR count). The maximum Gasteiger partial charge on any atom is 0.417 e. The quantitative estimate of drug-likeness (QED) is 0.0525. The third-order valence-electron chi connectivity index (χ3n) is 8.10. The number of thiophene rings is 2. The lowest BCUT2D eigenvalue weighted by Crippen LogP contribution is -2.26. The van der Waals surface area contributed by atoms with Crippen molar-refractivity contribution in [3.63, 3.8) is 0 Å². The van der Waals surface area contributed by atoms with Crippen LogP contribution in [0.1, 0.15) is 95.1 Å². The molecule has 8 heteroatoms. The Bertz CT molecular complexity index is 1610. The molecule has 4 atom stereocenters. The minimum Gasteiger partial charge on any atom is -0.457 e. The highest BCUT2D eigenvalue weighted by molar-refractivity contribution is 7.12. The summed E-state index contributed by atoms with van der Waals surface area (Å²) in [7, 11) is 0. The first-order valence-electron chi connectivity index (χ1n) is 17.4. The van der Waals surface area contributed by atoms with Crippen LogP contribution in [-0.2, 0) is 31.9 Å². The summed E-state index contributed by atoms with van der Waals surface area (Å²) in [5.74, 6) is 11.0. The van der Waals surface area contributed by atoms with Gasteiger partial charge in [-0.3, -0.25) is 0 Å². The number of rotatable bonds is 16. The maximum atomic E-state index is 12.3. The number of esters is 2. The lowest BCUT2D eigenvalue weighted by molar-refractivity contribution is -0.169. The highest BCUT2D eigenvalue weighted by atomic mass is 32.1. The van der Waals surface area contributed by atoms with Gasteiger partial charge in [0.2, 0.25) is 0 Å². The van der Waals surface area contributed by atoms with Crippen LogP contribution in [0, 0.1) is 35.5 Å². The second-order valence-corrected chi connectivity index (χ2v) is 15.0. The molecule has 0 saturated heterocycles. The van der Waals surface area contributed by atoms with E-state index in [4.69, 9.17) is 20.9 Å². The Hall–Kier alpha value is -4.18. The molecule has 0 bridgehead atoms. The fraction of sp³-hybridized carbons (Fsp3) is 0.381. The molecule has 0 saturated carbocycles. The van der Waals surface area contributed by atoms with Crippen LogP contribution >= 0.6 is 22.7 Å². The van der Waals surface area contributed by atoms with Gasteiger partial charge in [0.05, 0.1) is 23.0 Å². The van der Waals surface area contributed by atoms with Gasteiger partial charge in [-0.15, -0.1) is 22.7 Å². The highest BCUT2D eigenvalue weighted by Crippen LogP contribution is 2.27. The van der Waals surface area contributed by atoms with Crippen LogP contribution in [0.2, 0.25) is 0 Å². The molecule has 50 heavy (non-hydrogen) atoms. The molecule has 0 aliphatic rings. The Labute approximate surface area is 305 Å². The van der Waals surface area contributed by atoms with Crippen molar-refractivity contribution >= 4 is 34.6 Å². The molecule has 0 fully saturated rings. The van der Waals surface area contributed by atoms with E-state index >= 15 is 0 Å². The summed E-state index contributed by atoms with van der Waals surface area (Å²) >= 11 is 3.18. The zero-order chi connectivity index (χ0) is 35.6. The second kappa shape index (κ2) is 21.1. The van der Waals surface area contributed by atoms with E-state index in [1.807, 2.05) is 50.2 Å². The average Bonchev–Trinajstić information content (AvgIpc) is 3.81. The minimum atomic E-state index is -0.992. The Balaban J connectivity index is 1.08. The van der Waals surface area contributed by atoms with E-state index in [-0.39, 0.29) is 37.1 Å². The molecule has 0 spiro atoms. The summed E-state index contributed by atoms with van der Waals surface area (Å²) in [5.41, 5.74) is 15.6. The number of benzene rings is 2. The Morgan fingerprint density at radius 2 is 1.02 bits per heavy atom. The lowest BCUT2D eigenvalue weighted by atomic mass is 10.0. The van der Waals surface area contributed by atoms with Gasteiger partial charge in [0, 0.05) is 34.7 Å². The molecule has 2 aromatic heterocycles. The van der Waals surface area contributed by atoms with E-state index < -0.39 is 11.9 Å². The van der Waals surface area contributed by atoms with Gasteiger partial charge in [-0.2, -0.15) is 0 Å². The molecular formula is C42H48N2O4S2. The van der Waals surface area contributed by atoms with Crippen molar-refractivity contribution in [1.29, 1.82) is 0 Å². The van der Waals surface area contributed by atoms with Crippen LogP contribution in [-0.4, -0.2) is 25.2 Å². The van der Waals surface area contributed by atoms with Gasteiger partial charge in [0.25, 0.3) is 0 Å². The van der Waals surface area contributed by atoms with Crippen molar-refractivity contribution in [3.05, 3.63) is 116 Å². The predicted molar refractivity (Wildman–Crippen MR) is 204 cm³/mol. The van der Waals surface area contributed by atoms with Crippen LogP contribution in [0.4, 0.5) is 0 Å². The minimum absolute atomic E-state index is 0.0389. The Kier molecular flexibility index (Phi) is 16.3. The van der Waals surface area contributed by atoms with Crippen LogP contribution in [0.25, 0.3) is 0 Å². The van der Waals surface area contributed by atoms with E-state index in [1.54, 1.807) is 22.7 Å². The van der Waals surface area contributed by atoms with Gasteiger partial charge in [-0.25, -0.2) is 9.59 Å². The van der Waals surface area contributed by atoms with Crippen LogP contribution in [0.5, 0.6) is 0 Å². The smallest absolute Gasteiger partial charge is 0.417 e. The number of aryl methyl sites for hydroxylation is 2. The first kappa shape index (κ1) is 38.6. The van der Waals surface area contributed by atoms with E-state index in [0.717, 1.165) is 58.0 Å². The molecular weight excluding hydrogens is 661 g/mol. The Morgan fingerprint density at radius 1 is 0.620 bits per heavy atom. The van der Waals surface area contributed by atoms with E-state index in [0.29, 0.717) is 12.8 Å². The normalized spacial score (nSPS) is 13.1. The lowest BCUT2D eigenvalue weighted by Gasteiger charge is -2.17. The molecule has 4 N–H and O–H groups in total. The van der Waals surface area contributed by atoms with Gasteiger partial charge < -0.3 is 20.9 Å². The molecule has 0 aliphatic carbocycles. The highest BCUT2D eigenvalue weighted by Gasteiger charge is 2.22. The van der Waals surface area contributed by atoms with Gasteiger partial charge in [-0.05, 0) is 85.8 Å². The summed E-state index contributed by atoms with van der Waals surface area (Å²) < 4.78 is 10.5. The van der Waals surface area contributed by atoms with E-state index in [2.05, 4.69) is 72.2 Å². The molecule has 2 unspecified atom stereocenters. The molecule has 0 radical (unpaired) electrons. The van der Waals surface area contributed by atoms with Crippen molar-refractivity contribution < 1.29 is 19.1 Å². The van der Waals surface area contributed by atoms with Crippen molar-refractivity contribution in [3.8, 4) is 23.7 Å². The monoisotopic (exact) mass is 708 g/mol. The second-order valence-electron chi connectivity index (χ2n) is 12.8. The largest absolute Gasteiger partial charge is 0.457 e. The summed E-state index contributed by atoms with van der Waals surface area (Å²) in [5, 5.41) is 0. The number of hydrogen-bond acceptors (Lipinski definition) is 8. The van der Waals surface area contributed by atoms with Gasteiger partial charge >= 0.3 is 11.9 Å². The summed E-state index contributed by atoms with van der Waals surface area (Å²) in [4.78, 5) is 28.7. The molecule has 2 aromatic carbocycles. The molecule has 6 nitrogen and oxygen atoms in total. The standard InChI is InChI=1S/C42H48N2O4S2/c1-31(27-37(43)39-25-23-35(49-39)21-13-5-11-19-33-15-7-3-8-16-33)29-47-41(45)42(46)48-30-32(2)28-38(44)40-26-24-36(50-40)22-14-6-12-20-34-17-9-4-10-18-34/h3-4,7-10,15-18,23-26,31-32,37-38H,5-6,11-12,19-20,27-30,43-44H2,1-2H3/t31-,32-,37?,38?/m1/s1. The van der Waals surface area contributed by atoms with Crippen molar-refractivity contribution in [2.45, 2.75) is 77.3 Å². The zero-order valence-corrected chi connectivity index (χ0v) is 30.7. The zero-order valence-electron chi connectivity index (χ0n) is 29.1. The average molecular weight is 709 g/mol. The van der Waals surface area contributed by atoms with Crippen LogP contribution < -0.4 is 11.5 Å². The number of ether oxygens (including phenoxy) is 2. The number of nitrogens with two attached hydrogens (primary N) is 2. The van der Waals surface area contributed by atoms with Gasteiger partial charge in [0.1, 0.15) is 0 Å². The summed E-state index contributed by atoms with van der Waals surface area (Å²) in [6.07, 6.45) is 6.98. The molecule has 0 amide bonds. The first-order chi connectivity index (χ1) is 24.3. The molecule has 262 valence electrons. The number of carbonyl (C=O) groups is 2. The van der Waals surface area contributed by atoms with Gasteiger partial charge in [0.15, 0.2) is 0 Å². The Morgan fingerprint density at radius 3 is 1.42 bits per heavy atom. The number of unbranched alkanes of at least 4 members (excludes halogenated alkanes) is 2. The molecule has 2 heterocycles. The predicted octanol–water partition coefficient (Wildman–Crippen LogP) is 8.40. The fourth-order valence-electron chi connectivity index (χ4n) is 5.38. The third kappa shape index (κ3) is 14.0. The summed E-state index contributed by atoms with van der Waals surface area (Å²) in [6.45, 7) is 4.05. The summed E-state index contributed by atoms with van der Waals surface area (Å²) in [6, 6.07) is 28.5. The first-order valence-corrected chi connectivity index (χ1v) is 19.0. The topological polar surface area (TPSA) is 105 Å². The molecule has 0 aliphatic heterocycles.